The molecule has 0 unspecified atom stereocenters. The Bertz CT molecular complexity index is 1150. The first kappa shape index (κ1) is 25.6. The predicted molar refractivity (Wildman–Crippen MR) is 120 cm³/mol. The van der Waals surface area contributed by atoms with Crippen LogP contribution in [0.1, 0.15) is 12.0 Å². The number of β-amino-alcohol motifs (C(OH)–C–C–N with tert-alkyl or cyclic N) is 1. The first-order valence-corrected chi connectivity index (χ1v) is 13.2. The lowest BCUT2D eigenvalue weighted by atomic mass is 9.93. The van der Waals surface area contributed by atoms with E-state index in [2.05, 4.69) is 19.9 Å². The number of piperidine rings is 1. The third kappa shape index (κ3) is 5.55. The summed E-state index contributed by atoms with van der Waals surface area (Å²) in [6, 6.07) is 2.51. The van der Waals surface area contributed by atoms with Gasteiger partial charge in [0.25, 0.3) is 0 Å². The summed E-state index contributed by atoms with van der Waals surface area (Å²) in [5, 5.41) is 33.1. The number of nitrogens with one attached hydrogen (secondary N) is 1. The standard InChI is InChI=1S/C17H28N8O6S2/c18-5-10-3-4-25(8-13(10)27)12-1-2-14(33(30,31)23-7-11(26)6-19)16(32(20,28)29)15(12)17-21-9-22-24-17/h1-2,10-11,13,23,26-27H,3-9,18-19H2,(H2,20,28,29)/t10-,11-,13-/m1/s1. The molecule has 3 atom stereocenters. The zero-order valence-electron chi connectivity index (χ0n) is 17.7. The number of nitrogens with zero attached hydrogens (tertiary/aromatic N) is 4. The molecule has 3 rings (SSSR count). The monoisotopic (exact) mass is 504 g/mol. The Balaban J connectivity index is 2.19. The molecule has 0 spiro atoms. The van der Waals surface area contributed by atoms with E-state index < -0.39 is 48.6 Å². The quantitative estimate of drug-likeness (QED) is 0.204. The Morgan fingerprint density at radius 2 is 1.97 bits per heavy atom. The van der Waals surface area contributed by atoms with Crippen LogP contribution in [0.5, 0.6) is 0 Å². The number of benzene rings is 1. The highest BCUT2D eigenvalue weighted by Gasteiger charge is 2.35. The Morgan fingerprint density at radius 3 is 2.52 bits per heavy atom. The van der Waals surface area contributed by atoms with Crippen LogP contribution < -0.4 is 26.2 Å². The van der Waals surface area contributed by atoms with Gasteiger partial charge >= 0.3 is 0 Å². The second-order valence-corrected chi connectivity index (χ2v) is 11.0. The molecule has 0 saturated carbocycles. The van der Waals surface area contributed by atoms with E-state index in [-0.39, 0.29) is 42.8 Å². The minimum absolute atomic E-state index is 0.0609. The summed E-state index contributed by atoms with van der Waals surface area (Å²) < 4.78 is 53.4. The molecule has 1 saturated heterocycles. The zero-order chi connectivity index (χ0) is 24.4. The maximum Gasteiger partial charge on any atom is 0.242 e. The molecular weight excluding hydrogens is 476 g/mol. The van der Waals surface area contributed by atoms with Crippen molar-refractivity contribution in [2.45, 2.75) is 28.4 Å². The van der Waals surface area contributed by atoms with E-state index in [1.54, 1.807) is 4.90 Å². The molecule has 1 fully saturated rings. The number of azo groups is 1. The summed E-state index contributed by atoms with van der Waals surface area (Å²) in [5.41, 5.74) is 11.2. The van der Waals surface area contributed by atoms with Crippen molar-refractivity contribution in [1.82, 2.24) is 4.72 Å². The molecule has 0 radical (unpaired) electrons. The number of anilines is 1. The predicted octanol–water partition coefficient (Wildman–Crippen LogP) is -2.75. The molecule has 0 aromatic heterocycles. The van der Waals surface area contributed by atoms with Crippen LogP contribution in [-0.4, -0.2) is 84.5 Å². The normalized spacial score (nSPS) is 22.5. The van der Waals surface area contributed by atoms with E-state index >= 15 is 0 Å². The smallest absolute Gasteiger partial charge is 0.242 e. The molecule has 1 aromatic carbocycles. The van der Waals surface area contributed by atoms with Gasteiger partial charge < -0.3 is 26.6 Å². The Kier molecular flexibility index (Phi) is 7.80. The van der Waals surface area contributed by atoms with Gasteiger partial charge in [-0.15, -0.1) is 5.11 Å². The average Bonchev–Trinajstić information content (AvgIpc) is 3.30. The molecule has 2 heterocycles. The van der Waals surface area contributed by atoms with Crippen molar-refractivity contribution in [2.75, 3.05) is 44.3 Å². The highest BCUT2D eigenvalue weighted by Crippen LogP contribution is 2.36. The summed E-state index contributed by atoms with van der Waals surface area (Å²) in [7, 11) is -9.06. The SMILES string of the molecule is NC[C@@H](O)CNS(=O)(=O)c1ccc(N2CC[C@H](CN)[C@H](O)C2)c(C2=NCN=N2)c1S(N)(=O)=O. The van der Waals surface area contributed by atoms with Crippen LogP contribution in [0, 0.1) is 5.92 Å². The number of primary sulfonamides is 1. The largest absolute Gasteiger partial charge is 0.391 e. The molecule has 33 heavy (non-hydrogen) atoms. The molecule has 2 aliphatic heterocycles. The summed E-state index contributed by atoms with van der Waals surface area (Å²) >= 11 is 0. The lowest BCUT2D eigenvalue weighted by Crippen LogP contribution is -2.47. The van der Waals surface area contributed by atoms with Gasteiger partial charge in [-0.1, -0.05) is 0 Å². The Morgan fingerprint density at radius 1 is 1.24 bits per heavy atom. The third-order valence-electron chi connectivity index (χ3n) is 5.49. The highest BCUT2D eigenvalue weighted by molar-refractivity contribution is 7.92. The minimum atomic E-state index is -4.62. The topological polar surface area (TPSA) is 239 Å². The van der Waals surface area contributed by atoms with Crippen LogP contribution in [0.4, 0.5) is 5.69 Å². The van der Waals surface area contributed by atoms with E-state index in [9.17, 15) is 27.0 Å². The van der Waals surface area contributed by atoms with E-state index in [4.69, 9.17) is 16.6 Å². The molecule has 0 bridgehead atoms. The van der Waals surface area contributed by atoms with E-state index in [0.717, 1.165) is 6.07 Å². The minimum Gasteiger partial charge on any atom is -0.391 e. The van der Waals surface area contributed by atoms with Gasteiger partial charge in [0.05, 0.1) is 17.8 Å². The van der Waals surface area contributed by atoms with Crippen LogP contribution >= 0.6 is 0 Å². The number of amidine groups is 1. The first-order chi connectivity index (χ1) is 15.5. The van der Waals surface area contributed by atoms with Crippen molar-refractivity contribution in [1.29, 1.82) is 0 Å². The van der Waals surface area contributed by atoms with Crippen molar-refractivity contribution in [2.24, 2.45) is 37.7 Å². The summed E-state index contributed by atoms with van der Waals surface area (Å²) in [5.74, 6) is -0.216. The van der Waals surface area contributed by atoms with Crippen molar-refractivity contribution in [3.05, 3.63) is 17.7 Å². The molecule has 16 heteroatoms. The molecule has 9 N–H and O–H groups in total. The summed E-state index contributed by atoms with van der Waals surface area (Å²) in [6.07, 6.45) is -1.41. The van der Waals surface area contributed by atoms with Gasteiger partial charge in [0.2, 0.25) is 20.0 Å². The lowest BCUT2D eigenvalue weighted by molar-refractivity contribution is 0.0973. The van der Waals surface area contributed by atoms with Gasteiger partial charge in [0.15, 0.2) is 12.5 Å². The fourth-order valence-electron chi connectivity index (χ4n) is 3.73. The Labute approximate surface area is 191 Å². The fourth-order valence-corrected chi connectivity index (χ4v) is 6.39. The Hall–Kier alpha value is -2.05. The fraction of sp³-hybridized carbons (Fsp3) is 0.588. The first-order valence-electron chi connectivity index (χ1n) is 10.1. The van der Waals surface area contributed by atoms with Gasteiger partial charge in [-0.05, 0) is 25.1 Å². The highest BCUT2D eigenvalue weighted by atomic mass is 32.2. The molecule has 2 aliphatic rings. The van der Waals surface area contributed by atoms with Crippen LogP contribution in [0.3, 0.4) is 0 Å². The van der Waals surface area contributed by atoms with Gasteiger partial charge in [0, 0.05) is 37.8 Å². The second-order valence-electron chi connectivity index (χ2n) is 7.74. The van der Waals surface area contributed by atoms with Crippen molar-refractivity contribution in [3.8, 4) is 0 Å². The molecule has 0 amide bonds. The van der Waals surface area contributed by atoms with Crippen LogP contribution in [0.15, 0.2) is 37.1 Å². The molecule has 0 aliphatic carbocycles. The summed E-state index contributed by atoms with van der Waals surface area (Å²) in [4.78, 5) is 4.45. The van der Waals surface area contributed by atoms with Crippen molar-refractivity contribution in [3.63, 3.8) is 0 Å². The van der Waals surface area contributed by atoms with Gasteiger partial charge in [-0.25, -0.2) is 31.7 Å². The lowest BCUT2D eigenvalue weighted by Gasteiger charge is -2.38. The van der Waals surface area contributed by atoms with Crippen LogP contribution in [0.25, 0.3) is 0 Å². The maximum atomic E-state index is 13.0. The second kappa shape index (κ2) is 10.1. The third-order valence-corrected chi connectivity index (χ3v) is 8.08. The van der Waals surface area contributed by atoms with Crippen molar-refractivity contribution >= 4 is 31.6 Å². The number of nitrogens with two attached hydrogens (primary N) is 3. The molecule has 184 valence electrons. The number of rotatable bonds is 9. The van der Waals surface area contributed by atoms with Crippen LogP contribution in [-0.2, 0) is 20.0 Å². The van der Waals surface area contributed by atoms with Crippen LogP contribution in [0.2, 0.25) is 0 Å². The van der Waals surface area contributed by atoms with E-state index in [1.165, 1.54) is 6.07 Å². The maximum absolute atomic E-state index is 13.0. The van der Waals surface area contributed by atoms with Gasteiger partial charge in [-0.3, -0.25) is 0 Å². The molecule has 14 nitrogen and oxygen atoms in total. The average molecular weight is 505 g/mol. The number of aliphatic imine (C=N–C) groups is 1. The van der Waals surface area contributed by atoms with E-state index in [0.29, 0.717) is 19.5 Å². The number of hydrogen-bond donors (Lipinski definition) is 6. The van der Waals surface area contributed by atoms with Gasteiger partial charge in [-0.2, -0.15) is 5.11 Å². The zero-order valence-corrected chi connectivity index (χ0v) is 19.3. The number of aliphatic hydroxyl groups excluding tert-OH is 2. The molecular formula is C17H28N8O6S2. The molecule has 1 aromatic rings. The summed E-state index contributed by atoms with van der Waals surface area (Å²) in [6.45, 7) is 0.160. The number of hydrogen-bond acceptors (Lipinski definition) is 12. The van der Waals surface area contributed by atoms with E-state index in [1.807, 2.05) is 0 Å². The number of aliphatic hydroxyl groups is 2. The number of sulfonamides is 2. The van der Waals surface area contributed by atoms with Gasteiger partial charge in [0.1, 0.15) is 9.79 Å². The van der Waals surface area contributed by atoms with Crippen molar-refractivity contribution < 1.29 is 27.0 Å².